The molecule has 0 amide bonds. The molecule has 9 heavy (non-hydrogen) atoms. The van der Waals surface area contributed by atoms with Gasteiger partial charge < -0.3 is 21.6 Å². The van der Waals surface area contributed by atoms with Crippen LogP contribution in [-0.4, -0.2) is 36.2 Å². The molecule has 0 saturated carbocycles. The summed E-state index contributed by atoms with van der Waals surface area (Å²) in [5, 5.41) is 10.8. The molecule has 6 N–H and O–H groups in total. The summed E-state index contributed by atoms with van der Waals surface area (Å²) in [7, 11) is 1.66. The van der Waals surface area contributed by atoms with Crippen LogP contribution in [0.25, 0.3) is 0 Å². The first-order valence-electron chi connectivity index (χ1n) is 2.31. The average molecular weight is 136 g/mol. The Morgan fingerprint density at radius 3 is 2.44 bits per heavy atom. The lowest BCUT2D eigenvalue weighted by molar-refractivity contribution is -0.138. The minimum absolute atomic E-state index is 0. The highest BCUT2D eigenvalue weighted by atomic mass is 16.4. The van der Waals surface area contributed by atoms with Crippen molar-refractivity contribution in [1.82, 2.24) is 5.32 Å². The lowest BCUT2D eigenvalue weighted by atomic mass is 10.3. The van der Waals surface area contributed by atoms with Gasteiger partial charge in [-0.1, -0.05) is 0 Å². The maximum absolute atomic E-state index is 9.92. The van der Waals surface area contributed by atoms with Gasteiger partial charge in [-0.3, -0.25) is 4.79 Å². The fourth-order valence-electron chi connectivity index (χ4n) is 0.307. The van der Waals surface area contributed by atoms with Crippen molar-refractivity contribution in [3.63, 3.8) is 0 Å². The van der Waals surface area contributed by atoms with Crippen molar-refractivity contribution in [1.29, 1.82) is 0 Å². The summed E-state index contributed by atoms with van der Waals surface area (Å²) in [6, 6.07) is -0.778. The molecule has 0 aliphatic rings. The minimum atomic E-state index is -0.973. The highest BCUT2D eigenvalue weighted by Gasteiger charge is 2.07. The standard InChI is InChI=1S/C4H10N2O2.H2O/c1-6-2-3(5)4(7)8;/h3,6H,2,5H2,1H3,(H,7,8);1H2/t3-;/m0./s1. The molecule has 0 aliphatic heterocycles. The summed E-state index contributed by atoms with van der Waals surface area (Å²) in [5.74, 6) is -0.973. The van der Waals surface area contributed by atoms with Crippen LogP contribution in [-0.2, 0) is 4.79 Å². The Hall–Kier alpha value is -0.650. The predicted octanol–water partition coefficient (Wildman–Crippen LogP) is -2.21. The van der Waals surface area contributed by atoms with Crippen LogP contribution < -0.4 is 11.1 Å². The van der Waals surface area contributed by atoms with Gasteiger partial charge in [0.2, 0.25) is 0 Å². The second kappa shape index (κ2) is 5.49. The zero-order valence-corrected chi connectivity index (χ0v) is 5.22. The van der Waals surface area contributed by atoms with Crippen molar-refractivity contribution >= 4 is 5.97 Å². The first kappa shape index (κ1) is 11.2. The fraction of sp³-hybridized carbons (Fsp3) is 0.750. The fourth-order valence-corrected chi connectivity index (χ4v) is 0.307. The van der Waals surface area contributed by atoms with E-state index in [9.17, 15) is 4.79 Å². The Morgan fingerprint density at radius 2 is 2.33 bits per heavy atom. The molecule has 5 nitrogen and oxygen atoms in total. The number of nitrogens with two attached hydrogens (primary N) is 1. The van der Waals surface area contributed by atoms with E-state index in [0.29, 0.717) is 6.54 Å². The van der Waals surface area contributed by atoms with E-state index in [1.807, 2.05) is 0 Å². The van der Waals surface area contributed by atoms with Gasteiger partial charge in [0.25, 0.3) is 0 Å². The molecule has 0 unspecified atom stereocenters. The number of carboxylic acid groups (broad SMARTS) is 1. The van der Waals surface area contributed by atoms with Gasteiger partial charge in [-0.15, -0.1) is 0 Å². The van der Waals surface area contributed by atoms with Crippen molar-refractivity contribution in [2.45, 2.75) is 6.04 Å². The molecule has 0 radical (unpaired) electrons. The molecule has 56 valence electrons. The summed E-state index contributed by atoms with van der Waals surface area (Å²) in [6.07, 6.45) is 0. The van der Waals surface area contributed by atoms with E-state index in [1.54, 1.807) is 7.05 Å². The monoisotopic (exact) mass is 136 g/mol. The molecule has 0 aliphatic carbocycles. The quantitative estimate of drug-likeness (QED) is 0.409. The molecule has 0 saturated heterocycles. The minimum Gasteiger partial charge on any atom is -0.480 e. The summed E-state index contributed by atoms with van der Waals surface area (Å²) in [6.45, 7) is 0.315. The molecule has 0 bridgehead atoms. The van der Waals surface area contributed by atoms with E-state index in [1.165, 1.54) is 0 Å². The Kier molecular flexibility index (Phi) is 6.82. The Labute approximate surface area is 53.2 Å². The number of carboxylic acids is 1. The number of hydrogen-bond donors (Lipinski definition) is 3. The van der Waals surface area contributed by atoms with Crippen molar-refractivity contribution in [2.75, 3.05) is 13.6 Å². The SMILES string of the molecule is CNC[C@H](N)C(=O)O.O. The van der Waals surface area contributed by atoms with Crippen molar-refractivity contribution in [3.8, 4) is 0 Å². The van der Waals surface area contributed by atoms with Crippen LogP contribution >= 0.6 is 0 Å². The number of rotatable bonds is 3. The Bertz CT molecular complexity index is 85.9. The first-order chi connectivity index (χ1) is 3.68. The van der Waals surface area contributed by atoms with E-state index < -0.39 is 12.0 Å². The topological polar surface area (TPSA) is 107 Å². The number of aliphatic carboxylic acids is 1. The normalized spacial score (nSPS) is 11.8. The van der Waals surface area contributed by atoms with E-state index in [2.05, 4.69) is 5.32 Å². The largest absolute Gasteiger partial charge is 0.480 e. The van der Waals surface area contributed by atoms with Gasteiger partial charge in [-0.05, 0) is 7.05 Å². The smallest absolute Gasteiger partial charge is 0.321 e. The van der Waals surface area contributed by atoms with Crippen LogP contribution in [0.1, 0.15) is 0 Å². The van der Waals surface area contributed by atoms with Gasteiger partial charge in [0.05, 0.1) is 0 Å². The first-order valence-corrected chi connectivity index (χ1v) is 2.31. The highest BCUT2D eigenvalue weighted by molar-refractivity contribution is 5.73. The molecule has 1 atom stereocenters. The maximum atomic E-state index is 9.92. The third-order valence-corrected chi connectivity index (χ3v) is 0.741. The van der Waals surface area contributed by atoms with Crippen molar-refractivity contribution < 1.29 is 15.4 Å². The molecule has 0 aromatic carbocycles. The zero-order valence-electron chi connectivity index (χ0n) is 5.22. The summed E-state index contributed by atoms with van der Waals surface area (Å²) < 4.78 is 0. The molecule has 0 aromatic heterocycles. The van der Waals surface area contributed by atoms with Gasteiger partial charge in [0, 0.05) is 6.54 Å². The maximum Gasteiger partial charge on any atom is 0.321 e. The van der Waals surface area contributed by atoms with Crippen LogP contribution in [0.5, 0.6) is 0 Å². The lowest BCUT2D eigenvalue weighted by Crippen LogP contribution is -2.38. The van der Waals surface area contributed by atoms with Crippen molar-refractivity contribution in [3.05, 3.63) is 0 Å². The highest BCUT2D eigenvalue weighted by Crippen LogP contribution is 1.71. The van der Waals surface area contributed by atoms with E-state index >= 15 is 0 Å². The van der Waals surface area contributed by atoms with Crippen LogP contribution in [0.15, 0.2) is 0 Å². The van der Waals surface area contributed by atoms with Gasteiger partial charge in [-0.25, -0.2) is 0 Å². The van der Waals surface area contributed by atoms with Crippen LogP contribution in [0.4, 0.5) is 0 Å². The molecule has 0 aromatic rings. The molecule has 0 heterocycles. The molecular weight excluding hydrogens is 124 g/mol. The zero-order chi connectivity index (χ0) is 6.57. The van der Waals surface area contributed by atoms with Crippen molar-refractivity contribution in [2.24, 2.45) is 5.73 Å². The summed E-state index contributed by atoms with van der Waals surface area (Å²) in [5.41, 5.74) is 5.06. The van der Waals surface area contributed by atoms with Crippen LogP contribution in [0.2, 0.25) is 0 Å². The van der Waals surface area contributed by atoms with E-state index in [4.69, 9.17) is 10.8 Å². The second-order valence-electron chi connectivity index (χ2n) is 1.50. The third-order valence-electron chi connectivity index (χ3n) is 0.741. The lowest BCUT2D eigenvalue weighted by Gasteiger charge is -2.02. The molecule has 5 heteroatoms. The predicted molar refractivity (Wildman–Crippen MR) is 33.2 cm³/mol. The number of nitrogens with one attached hydrogen (secondary N) is 1. The second-order valence-corrected chi connectivity index (χ2v) is 1.50. The summed E-state index contributed by atoms with van der Waals surface area (Å²) in [4.78, 5) is 9.92. The van der Waals surface area contributed by atoms with Gasteiger partial charge in [0.15, 0.2) is 0 Å². The van der Waals surface area contributed by atoms with Gasteiger partial charge in [-0.2, -0.15) is 0 Å². The number of hydrogen-bond acceptors (Lipinski definition) is 3. The van der Waals surface area contributed by atoms with Gasteiger partial charge in [0.1, 0.15) is 6.04 Å². The Balaban J connectivity index is 0. The van der Waals surface area contributed by atoms with Crippen LogP contribution in [0.3, 0.4) is 0 Å². The number of carbonyl (C=O) groups is 1. The third kappa shape index (κ3) is 5.22. The van der Waals surface area contributed by atoms with E-state index in [-0.39, 0.29) is 5.48 Å². The van der Waals surface area contributed by atoms with Crippen LogP contribution in [0, 0.1) is 0 Å². The van der Waals surface area contributed by atoms with Gasteiger partial charge >= 0.3 is 5.97 Å². The summed E-state index contributed by atoms with van der Waals surface area (Å²) >= 11 is 0. The molecule has 0 rings (SSSR count). The van der Waals surface area contributed by atoms with E-state index in [0.717, 1.165) is 0 Å². The average Bonchev–Trinajstić information content (AvgIpc) is 1.67. The molecular formula is C4H12N2O3. The molecule has 0 spiro atoms. The number of likely N-dealkylation sites (N-methyl/N-ethyl adjacent to an activating group) is 1. The Morgan fingerprint density at radius 1 is 1.89 bits per heavy atom. The molecule has 0 fully saturated rings.